The van der Waals surface area contributed by atoms with Crippen molar-refractivity contribution in [1.82, 2.24) is 0 Å². The largest absolute Gasteiger partial charge is 0.497 e. The molecule has 0 heterocycles. The van der Waals surface area contributed by atoms with Crippen LogP contribution in [0.2, 0.25) is 0 Å². The maximum Gasteiger partial charge on any atom is 0.305 e. The molecule has 0 saturated heterocycles. The number of carbonyl (C=O) groups excluding carboxylic acids is 1. The standard InChI is InChI=1S/C16H25NO3/c1-4-20-16(18)8-6-5-7-11-17-15-10-9-14(19-3)12-13(15)2/h9-10,12,17H,4-8,11H2,1-3H3. The zero-order valence-corrected chi connectivity index (χ0v) is 12.7. The molecule has 1 aromatic carbocycles. The highest BCUT2D eigenvalue weighted by atomic mass is 16.5. The molecule has 0 spiro atoms. The van der Waals surface area contributed by atoms with Gasteiger partial charge in [-0.05, 0) is 50.5 Å². The summed E-state index contributed by atoms with van der Waals surface area (Å²) >= 11 is 0. The van der Waals surface area contributed by atoms with Crippen molar-refractivity contribution in [2.45, 2.75) is 39.5 Å². The quantitative estimate of drug-likeness (QED) is 0.555. The predicted octanol–water partition coefficient (Wildman–Crippen LogP) is 3.54. The van der Waals surface area contributed by atoms with Gasteiger partial charge in [-0.1, -0.05) is 6.42 Å². The number of benzene rings is 1. The van der Waals surface area contributed by atoms with E-state index in [9.17, 15) is 4.79 Å². The fourth-order valence-corrected chi connectivity index (χ4v) is 1.99. The van der Waals surface area contributed by atoms with Gasteiger partial charge in [0, 0.05) is 18.7 Å². The van der Waals surface area contributed by atoms with Crippen molar-refractivity contribution in [1.29, 1.82) is 0 Å². The Morgan fingerprint density at radius 3 is 2.70 bits per heavy atom. The molecule has 0 aliphatic heterocycles. The first-order valence-electron chi connectivity index (χ1n) is 7.21. The molecule has 112 valence electrons. The fourth-order valence-electron chi connectivity index (χ4n) is 1.99. The lowest BCUT2D eigenvalue weighted by Gasteiger charge is -2.10. The maximum atomic E-state index is 11.2. The number of nitrogens with one attached hydrogen (secondary N) is 1. The van der Waals surface area contributed by atoms with Crippen molar-refractivity contribution in [3.63, 3.8) is 0 Å². The molecule has 0 fully saturated rings. The van der Waals surface area contributed by atoms with Gasteiger partial charge in [-0.3, -0.25) is 4.79 Å². The lowest BCUT2D eigenvalue weighted by atomic mass is 10.1. The number of methoxy groups -OCH3 is 1. The van der Waals surface area contributed by atoms with Crippen molar-refractivity contribution in [3.8, 4) is 5.75 Å². The minimum Gasteiger partial charge on any atom is -0.497 e. The van der Waals surface area contributed by atoms with Crippen molar-refractivity contribution >= 4 is 11.7 Å². The Balaban J connectivity index is 2.17. The predicted molar refractivity (Wildman–Crippen MR) is 81.3 cm³/mol. The van der Waals surface area contributed by atoms with Crippen LogP contribution >= 0.6 is 0 Å². The van der Waals surface area contributed by atoms with Crippen LogP contribution in [-0.2, 0) is 9.53 Å². The van der Waals surface area contributed by atoms with Crippen LogP contribution < -0.4 is 10.1 Å². The number of unbranched alkanes of at least 4 members (excludes halogenated alkanes) is 2. The Bertz CT molecular complexity index is 418. The zero-order valence-electron chi connectivity index (χ0n) is 12.7. The van der Waals surface area contributed by atoms with E-state index in [2.05, 4.69) is 12.2 Å². The third-order valence-corrected chi connectivity index (χ3v) is 3.11. The Kier molecular flexibility index (Phi) is 7.55. The summed E-state index contributed by atoms with van der Waals surface area (Å²) in [6, 6.07) is 6.01. The molecule has 0 amide bonds. The summed E-state index contributed by atoms with van der Waals surface area (Å²) in [6.45, 7) is 5.28. The number of carbonyl (C=O) groups is 1. The number of ether oxygens (including phenoxy) is 2. The summed E-state index contributed by atoms with van der Waals surface area (Å²) in [6.07, 6.45) is 3.49. The van der Waals surface area contributed by atoms with E-state index in [1.165, 1.54) is 5.56 Å². The summed E-state index contributed by atoms with van der Waals surface area (Å²) in [5, 5.41) is 3.41. The molecule has 20 heavy (non-hydrogen) atoms. The maximum absolute atomic E-state index is 11.2. The highest BCUT2D eigenvalue weighted by Crippen LogP contribution is 2.21. The van der Waals surface area contributed by atoms with Gasteiger partial charge in [-0.25, -0.2) is 0 Å². The van der Waals surface area contributed by atoms with E-state index < -0.39 is 0 Å². The van der Waals surface area contributed by atoms with Crippen LogP contribution in [0.4, 0.5) is 5.69 Å². The molecule has 1 rings (SSSR count). The molecule has 1 N–H and O–H groups in total. The Labute approximate surface area is 121 Å². The summed E-state index contributed by atoms with van der Waals surface area (Å²) in [4.78, 5) is 11.2. The molecule has 4 nitrogen and oxygen atoms in total. The monoisotopic (exact) mass is 279 g/mol. The normalized spacial score (nSPS) is 10.2. The van der Waals surface area contributed by atoms with Gasteiger partial charge >= 0.3 is 5.97 Å². The first-order valence-corrected chi connectivity index (χ1v) is 7.21. The third kappa shape index (κ3) is 5.95. The molecular weight excluding hydrogens is 254 g/mol. The van der Waals surface area contributed by atoms with Gasteiger partial charge in [0.05, 0.1) is 13.7 Å². The van der Waals surface area contributed by atoms with E-state index >= 15 is 0 Å². The minimum atomic E-state index is -0.0912. The van der Waals surface area contributed by atoms with Crippen LogP contribution in [0.15, 0.2) is 18.2 Å². The molecule has 0 bridgehead atoms. The van der Waals surface area contributed by atoms with Crippen LogP contribution in [0.1, 0.15) is 38.2 Å². The second-order valence-electron chi connectivity index (χ2n) is 4.72. The fraction of sp³-hybridized carbons (Fsp3) is 0.562. The Morgan fingerprint density at radius 2 is 2.05 bits per heavy atom. The lowest BCUT2D eigenvalue weighted by molar-refractivity contribution is -0.143. The number of anilines is 1. The molecule has 0 saturated carbocycles. The SMILES string of the molecule is CCOC(=O)CCCCCNc1ccc(OC)cc1C. The third-order valence-electron chi connectivity index (χ3n) is 3.11. The van der Waals surface area contributed by atoms with E-state index in [4.69, 9.17) is 9.47 Å². The van der Waals surface area contributed by atoms with Gasteiger partial charge in [-0.15, -0.1) is 0 Å². The summed E-state index contributed by atoms with van der Waals surface area (Å²) in [5.74, 6) is 0.786. The molecule has 0 atom stereocenters. The highest BCUT2D eigenvalue weighted by Gasteiger charge is 2.02. The number of esters is 1. The van der Waals surface area contributed by atoms with Gasteiger partial charge in [0.15, 0.2) is 0 Å². The van der Waals surface area contributed by atoms with Crippen LogP contribution in [0.25, 0.3) is 0 Å². The topological polar surface area (TPSA) is 47.6 Å². The molecule has 0 aromatic heterocycles. The first kappa shape index (κ1) is 16.3. The van der Waals surface area contributed by atoms with Crippen molar-refractivity contribution in [3.05, 3.63) is 23.8 Å². The summed E-state index contributed by atoms with van der Waals surface area (Å²) in [7, 11) is 1.67. The number of hydrogen-bond donors (Lipinski definition) is 1. The van der Waals surface area contributed by atoms with Crippen LogP contribution in [0, 0.1) is 6.92 Å². The van der Waals surface area contributed by atoms with E-state index in [1.54, 1.807) is 7.11 Å². The van der Waals surface area contributed by atoms with E-state index in [0.29, 0.717) is 13.0 Å². The van der Waals surface area contributed by atoms with E-state index in [-0.39, 0.29) is 5.97 Å². The molecule has 1 aromatic rings. The van der Waals surface area contributed by atoms with E-state index in [1.807, 2.05) is 25.1 Å². The molecule has 0 unspecified atom stereocenters. The zero-order chi connectivity index (χ0) is 14.8. The molecular formula is C16H25NO3. The molecule has 0 radical (unpaired) electrons. The number of hydrogen-bond acceptors (Lipinski definition) is 4. The van der Waals surface area contributed by atoms with Gasteiger partial charge in [-0.2, -0.15) is 0 Å². The molecule has 0 aliphatic rings. The highest BCUT2D eigenvalue weighted by molar-refractivity contribution is 5.69. The average molecular weight is 279 g/mol. The summed E-state index contributed by atoms with van der Waals surface area (Å²) < 4.78 is 10.1. The van der Waals surface area contributed by atoms with Crippen molar-refractivity contribution in [2.75, 3.05) is 25.6 Å². The Morgan fingerprint density at radius 1 is 1.25 bits per heavy atom. The second kappa shape index (κ2) is 9.23. The number of rotatable bonds is 9. The van der Waals surface area contributed by atoms with Crippen LogP contribution in [-0.4, -0.2) is 26.2 Å². The summed E-state index contributed by atoms with van der Waals surface area (Å²) in [5.41, 5.74) is 2.31. The van der Waals surface area contributed by atoms with Crippen molar-refractivity contribution < 1.29 is 14.3 Å². The lowest BCUT2D eigenvalue weighted by Crippen LogP contribution is -2.05. The molecule has 0 aliphatic carbocycles. The Hall–Kier alpha value is -1.71. The minimum absolute atomic E-state index is 0.0912. The first-order chi connectivity index (χ1) is 9.67. The van der Waals surface area contributed by atoms with Crippen LogP contribution in [0.5, 0.6) is 5.75 Å². The van der Waals surface area contributed by atoms with Gasteiger partial charge < -0.3 is 14.8 Å². The number of aryl methyl sites for hydroxylation is 1. The van der Waals surface area contributed by atoms with Crippen LogP contribution in [0.3, 0.4) is 0 Å². The van der Waals surface area contributed by atoms with Gasteiger partial charge in [0.1, 0.15) is 5.75 Å². The second-order valence-corrected chi connectivity index (χ2v) is 4.72. The molecule has 4 heteroatoms. The van der Waals surface area contributed by atoms with Gasteiger partial charge in [0.2, 0.25) is 0 Å². The average Bonchev–Trinajstić information content (AvgIpc) is 2.44. The van der Waals surface area contributed by atoms with Crippen molar-refractivity contribution in [2.24, 2.45) is 0 Å². The smallest absolute Gasteiger partial charge is 0.305 e. The van der Waals surface area contributed by atoms with Gasteiger partial charge in [0.25, 0.3) is 0 Å². The van der Waals surface area contributed by atoms with E-state index in [0.717, 1.165) is 37.2 Å².